The van der Waals surface area contributed by atoms with E-state index in [2.05, 4.69) is 77.5 Å². The molecule has 4 heteroatoms. The predicted molar refractivity (Wildman–Crippen MR) is 114 cm³/mol. The molecular weight excluding hydrogens is 352 g/mol. The van der Waals surface area contributed by atoms with Crippen LogP contribution in [-0.2, 0) is 11.3 Å². The Kier molecular flexibility index (Phi) is 6.20. The Hall–Kier alpha value is -1.72. The van der Waals surface area contributed by atoms with Crippen molar-refractivity contribution in [3.8, 4) is 0 Å². The van der Waals surface area contributed by atoms with Crippen LogP contribution < -0.4 is 0 Å². The Morgan fingerprint density at radius 3 is 2.56 bits per heavy atom. The minimum atomic E-state index is 0.476. The zero-order valence-corrected chi connectivity index (χ0v) is 16.8. The van der Waals surface area contributed by atoms with Crippen LogP contribution in [0.5, 0.6) is 0 Å². The lowest BCUT2D eigenvalue weighted by atomic mass is 10.1. The van der Waals surface area contributed by atoms with Gasteiger partial charge in [-0.15, -0.1) is 11.3 Å². The van der Waals surface area contributed by atoms with Gasteiger partial charge in [0.15, 0.2) is 0 Å². The largest absolute Gasteiger partial charge is 0.379 e. The zero-order valence-electron chi connectivity index (χ0n) is 16.0. The van der Waals surface area contributed by atoms with Crippen LogP contribution in [0.1, 0.15) is 22.9 Å². The Bertz CT molecular complexity index is 809. The molecule has 2 heterocycles. The van der Waals surface area contributed by atoms with Crippen molar-refractivity contribution in [3.05, 3.63) is 71.1 Å². The van der Waals surface area contributed by atoms with E-state index in [4.69, 9.17) is 4.74 Å². The fourth-order valence-corrected chi connectivity index (χ4v) is 5.11. The third kappa shape index (κ3) is 4.77. The zero-order chi connectivity index (χ0) is 18.5. The molecule has 27 heavy (non-hydrogen) atoms. The molecule has 1 unspecified atom stereocenters. The van der Waals surface area contributed by atoms with Crippen molar-refractivity contribution in [2.45, 2.75) is 19.0 Å². The molecule has 1 atom stereocenters. The van der Waals surface area contributed by atoms with Gasteiger partial charge in [0.1, 0.15) is 0 Å². The average molecular weight is 381 g/mol. The first-order valence-corrected chi connectivity index (χ1v) is 10.6. The molecule has 0 amide bonds. The topological polar surface area (TPSA) is 15.7 Å². The SMILES string of the molecule is CN(CCC(c1cc2ccccc2s1)N1CCOCC1)Cc1ccccc1. The van der Waals surface area contributed by atoms with Gasteiger partial charge in [0, 0.05) is 41.8 Å². The second kappa shape index (κ2) is 8.98. The number of nitrogens with zero attached hydrogens (tertiary/aromatic N) is 2. The smallest absolute Gasteiger partial charge is 0.0594 e. The molecule has 0 saturated carbocycles. The molecular formula is C23H28N2OS. The molecule has 4 rings (SSSR count). The number of hydrogen-bond donors (Lipinski definition) is 0. The van der Waals surface area contributed by atoms with E-state index in [9.17, 15) is 0 Å². The maximum absolute atomic E-state index is 5.60. The van der Waals surface area contributed by atoms with Crippen LogP contribution in [-0.4, -0.2) is 49.7 Å². The molecule has 1 aliphatic heterocycles. The minimum absolute atomic E-state index is 0.476. The molecule has 1 aliphatic rings. The highest BCUT2D eigenvalue weighted by molar-refractivity contribution is 7.19. The van der Waals surface area contributed by atoms with E-state index in [1.165, 1.54) is 20.5 Å². The van der Waals surface area contributed by atoms with Crippen LogP contribution in [0.15, 0.2) is 60.7 Å². The van der Waals surface area contributed by atoms with Gasteiger partial charge in [-0.1, -0.05) is 48.5 Å². The molecule has 1 aromatic heterocycles. The highest BCUT2D eigenvalue weighted by Crippen LogP contribution is 2.35. The minimum Gasteiger partial charge on any atom is -0.379 e. The molecule has 1 saturated heterocycles. The summed E-state index contributed by atoms with van der Waals surface area (Å²) in [5.41, 5.74) is 1.38. The lowest BCUT2D eigenvalue weighted by molar-refractivity contribution is 0.0132. The average Bonchev–Trinajstić information content (AvgIpc) is 3.13. The van der Waals surface area contributed by atoms with E-state index < -0.39 is 0 Å². The summed E-state index contributed by atoms with van der Waals surface area (Å²) in [7, 11) is 2.23. The summed E-state index contributed by atoms with van der Waals surface area (Å²) in [6.07, 6.45) is 1.15. The standard InChI is InChI=1S/C23H28N2OS/c1-24(18-19-7-3-2-4-8-19)12-11-21(25-13-15-26-16-14-25)23-17-20-9-5-6-10-22(20)27-23/h2-10,17,21H,11-16,18H2,1H3. The fourth-order valence-electron chi connectivity index (χ4n) is 3.88. The number of morpholine rings is 1. The lowest BCUT2D eigenvalue weighted by Gasteiger charge is -2.35. The van der Waals surface area contributed by atoms with Crippen molar-refractivity contribution in [1.29, 1.82) is 0 Å². The summed E-state index contributed by atoms with van der Waals surface area (Å²) in [4.78, 5) is 6.55. The molecule has 0 spiro atoms. The summed E-state index contributed by atoms with van der Waals surface area (Å²) >= 11 is 1.95. The van der Waals surface area contributed by atoms with E-state index >= 15 is 0 Å². The number of benzene rings is 2. The quantitative estimate of drug-likeness (QED) is 0.586. The van der Waals surface area contributed by atoms with Crippen LogP contribution in [0.2, 0.25) is 0 Å². The van der Waals surface area contributed by atoms with Gasteiger partial charge in [-0.05, 0) is 36.6 Å². The first-order valence-electron chi connectivity index (χ1n) is 9.82. The van der Waals surface area contributed by atoms with Gasteiger partial charge in [-0.3, -0.25) is 4.90 Å². The van der Waals surface area contributed by atoms with E-state index in [-0.39, 0.29) is 0 Å². The van der Waals surface area contributed by atoms with Crippen molar-refractivity contribution in [2.75, 3.05) is 39.9 Å². The summed E-state index contributed by atoms with van der Waals surface area (Å²) in [5.74, 6) is 0. The summed E-state index contributed by atoms with van der Waals surface area (Å²) in [6.45, 7) is 5.85. The van der Waals surface area contributed by atoms with Crippen LogP contribution in [0.25, 0.3) is 10.1 Å². The van der Waals surface area contributed by atoms with Crippen LogP contribution in [0.3, 0.4) is 0 Å². The van der Waals surface area contributed by atoms with Crippen molar-refractivity contribution >= 4 is 21.4 Å². The molecule has 0 aliphatic carbocycles. The Labute approximate surface area is 166 Å². The van der Waals surface area contributed by atoms with Gasteiger partial charge in [0.05, 0.1) is 13.2 Å². The fraction of sp³-hybridized carbons (Fsp3) is 0.391. The number of rotatable bonds is 7. The van der Waals surface area contributed by atoms with Crippen molar-refractivity contribution < 1.29 is 4.74 Å². The number of fused-ring (bicyclic) bond motifs is 1. The summed E-state index contributed by atoms with van der Waals surface area (Å²) in [5, 5.41) is 1.37. The Morgan fingerprint density at radius 2 is 1.78 bits per heavy atom. The highest BCUT2D eigenvalue weighted by atomic mass is 32.1. The maximum Gasteiger partial charge on any atom is 0.0594 e. The van der Waals surface area contributed by atoms with Gasteiger partial charge in [0.2, 0.25) is 0 Å². The first-order chi connectivity index (χ1) is 13.3. The second-order valence-electron chi connectivity index (χ2n) is 7.36. The van der Waals surface area contributed by atoms with Crippen molar-refractivity contribution in [3.63, 3.8) is 0 Å². The number of hydrogen-bond acceptors (Lipinski definition) is 4. The van der Waals surface area contributed by atoms with E-state index in [0.717, 1.165) is 45.8 Å². The van der Waals surface area contributed by atoms with E-state index in [1.54, 1.807) is 0 Å². The molecule has 0 N–H and O–H groups in total. The molecule has 3 aromatic rings. The van der Waals surface area contributed by atoms with E-state index in [1.807, 2.05) is 11.3 Å². The molecule has 1 fully saturated rings. The predicted octanol–water partition coefficient (Wildman–Crippen LogP) is 4.80. The van der Waals surface area contributed by atoms with Gasteiger partial charge in [0.25, 0.3) is 0 Å². The Morgan fingerprint density at radius 1 is 1.04 bits per heavy atom. The highest BCUT2D eigenvalue weighted by Gasteiger charge is 2.24. The molecule has 0 radical (unpaired) electrons. The number of ether oxygens (including phenoxy) is 1. The summed E-state index contributed by atoms with van der Waals surface area (Å²) < 4.78 is 6.99. The van der Waals surface area contributed by atoms with Crippen LogP contribution in [0, 0.1) is 0 Å². The van der Waals surface area contributed by atoms with Gasteiger partial charge in [-0.25, -0.2) is 0 Å². The number of thiophene rings is 1. The Balaban J connectivity index is 1.47. The molecule has 0 bridgehead atoms. The molecule has 142 valence electrons. The first kappa shape index (κ1) is 18.6. The van der Waals surface area contributed by atoms with Gasteiger partial charge < -0.3 is 9.64 Å². The molecule has 2 aromatic carbocycles. The van der Waals surface area contributed by atoms with Crippen molar-refractivity contribution in [2.24, 2.45) is 0 Å². The van der Waals surface area contributed by atoms with Crippen LogP contribution >= 0.6 is 11.3 Å². The normalized spacial score (nSPS) is 16.8. The van der Waals surface area contributed by atoms with E-state index in [0.29, 0.717) is 6.04 Å². The molecule has 3 nitrogen and oxygen atoms in total. The third-order valence-corrected chi connectivity index (χ3v) is 6.56. The second-order valence-corrected chi connectivity index (χ2v) is 8.48. The lowest BCUT2D eigenvalue weighted by Crippen LogP contribution is -2.40. The van der Waals surface area contributed by atoms with Crippen molar-refractivity contribution in [1.82, 2.24) is 9.80 Å². The monoisotopic (exact) mass is 380 g/mol. The van der Waals surface area contributed by atoms with Crippen LogP contribution in [0.4, 0.5) is 0 Å². The third-order valence-electron chi connectivity index (χ3n) is 5.34. The van der Waals surface area contributed by atoms with Gasteiger partial charge >= 0.3 is 0 Å². The van der Waals surface area contributed by atoms with Gasteiger partial charge in [-0.2, -0.15) is 0 Å². The maximum atomic E-state index is 5.60. The summed E-state index contributed by atoms with van der Waals surface area (Å²) in [6, 6.07) is 22.4.